The van der Waals surface area contributed by atoms with E-state index in [2.05, 4.69) is 126 Å². The van der Waals surface area contributed by atoms with Crippen molar-refractivity contribution in [1.29, 1.82) is 0 Å². The Balaban J connectivity index is 1.40. The van der Waals surface area contributed by atoms with Crippen LogP contribution in [0.2, 0.25) is 0 Å². The number of aromatic nitrogens is 3. The van der Waals surface area contributed by atoms with Gasteiger partial charge in [0.25, 0.3) is 0 Å². The van der Waals surface area contributed by atoms with Crippen molar-refractivity contribution in [2.75, 3.05) is 0 Å². The Kier molecular flexibility index (Phi) is 4.69. The Bertz CT molecular complexity index is 2770. The molecule has 7 aromatic carbocycles. The van der Waals surface area contributed by atoms with Crippen molar-refractivity contribution < 1.29 is 4.42 Å². The Morgan fingerprint density at radius 2 is 1.07 bits per heavy atom. The van der Waals surface area contributed by atoms with E-state index in [-0.39, 0.29) is 0 Å². The number of hydrogen-bond donors (Lipinski definition) is 0. The highest BCUT2D eigenvalue weighted by Gasteiger charge is 2.23. The highest BCUT2D eigenvalue weighted by molar-refractivity contribution is 6.36. The number of hydrogen-bond acceptors (Lipinski definition) is 3. The SMILES string of the molecule is c1ccc(-c2nc(-n3c4ccccc4c4c5c(ccc43)oc3c4ccccc4c4ccccc4c35)nc3ccccc23)cc1. The van der Waals surface area contributed by atoms with Crippen molar-refractivity contribution in [3.63, 3.8) is 0 Å². The molecule has 3 aromatic heterocycles. The van der Waals surface area contributed by atoms with Crippen LogP contribution in [0.15, 0.2) is 144 Å². The average molecular weight is 562 g/mol. The molecule has 0 N–H and O–H groups in total. The molecule has 0 aliphatic heterocycles. The molecule has 0 aliphatic carbocycles. The second-order valence-corrected chi connectivity index (χ2v) is 11.3. The van der Waals surface area contributed by atoms with Crippen LogP contribution in [0, 0.1) is 0 Å². The number of rotatable bonds is 2. The fourth-order valence-corrected chi connectivity index (χ4v) is 7.14. The van der Waals surface area contributed by atoms with Gasteiger partial charge in [0.15, 0.2) is 0 Å². The number of furan rings is 1. The summed E-state index contributed by atoms with van der Waals surface area (Å²) < 4.78 is 8.95. The molecule has 0 atom stereocenters. The molecule has 0 radical (unpaired) electrons. The largest absolute Gasteiger partial charge is 0.455 e. The third-order valence-electron chi connectivity index (χ3n) is 8.99. The molecule has 10 aromatic rings. The molecular formula is C40H23N3O. The molecule has 0 aliphatic rings. The zero-order valence-corrected chi connectivity index (χ0v) is 23.5. The Labute approximate surface area is 251 Å². The summed E-state index contributed by atoms with van der Waals surface area (Å²) in [6.07, 6.45) is 0. The molecule has 0 fully saturated rings. The zero-order valence-electron chi connectivity index (χ0n) is 23.5. The van der Waals surface area contributed by atoms with Gasteiger partial charge >= 0.3 is 0 Å². The lowest BCUT2D eigenvalue weighted by molar-refractivity contribution is 0.673. The van der Waals surface area contributed by atoms with Crippen LogP contribution in [0.1, 0.15) is 0 Å². The quantitative estimate of drug-likeness (QED) is 0.197. The van der Waals surface area contributed by atoms with Gasteiger partial charge in [-0.3, -0.25) is 4.57 Å². The van der Waals surface area contributed by atoms with Crippen molar-refractivity contribution in [3.8, 4) is 17.2 Å². The molecule has 4 nitrogen and oxygen atoms in total. The summed E-state index contributed by atoms with van der Waals surface area (Å²) in [6, 6.07) is 48.7. The summed E-state index contributed by atoms with van der Waals surface area (Å²) in [4.78, 5) is 10.4. The van der Waals surface area contributed by atoms with E-state index in [0.717, 1.165) is 71.3 Å². The lowest BCUT2D eigenvalue weighted by Gasteiger charge is -2.11. The summed E-state index contributed by atoms with van der Waals surface area (Å²) in [7, 11) is 0. The minimum atomic E-state index is 0.649. The van der Waals surface area contributed by atoms with Crippen molar-refractivity contribution in [3.05, 3.63) is 140 Å². The van der Waals surface area contributed by atoms with Crippen LogP contribution in [0.25, 0.3) is 93.4 Å². The van der Waals surface area contributed by atoms with Crippen LogP contribution in [0.5, 0.6) is 0 Å². The van der Waals surface area contributed by atoms with Crippen molar-refractivity contribution >= 4 is 76.2 Å². The molecule has 10 rings (SSSR count). The van der Waals surface area contributed by atoms with Gasteiger partial charge in [-0.2, -0.15) is 0 Å². The van der Waals surface area contributed by atoms with E-state index in [0.29, 0.717) is 5.95 Å². The highest BCUT2D eigenvalue weighted by atomic mass is 16.3. The van der Waals surface area contributed by atoms with E-state index in [1.807, 2.05) is 18.2 Å². The third kappa shape index (κ3) is 3.11. The normalized spacial score (nSPS) is 12.1. The van der Waals surface area contributed by atoms with Crippen LogP contribution in [0.4, 0.5) is 0 Å². The van der Waals surface area contributed by atoms with E-state index in [9.17, 15) is 0 Å². The number of nitrogens with zero attached hydrogens (tertiary/aromatic N) is 3. The van der Waals surface area contributed by atoms with E-state index in [4.69, 9.17) is 14.4 Å². The monoisotopic (exact) mass is 561 g/mol. The van der Waals surface area contributed by atoms with E-state index < -0.39 is 0 Å². The molecule has 0 saturated carbocycles. The second kappa shape index (κ2) is 8.76. The predicted octanol–water partition coefficient (Wildman–Crippen LogP) is 10.6. The minimum Gasteiger partial charge on any atom is -0.455 e. The Hall–Kier alpha value is -6.00. The van der Waals surface area contributed by atoms with Gasteiger partial charge in [0.1, 0.15) is 11.2 Å². The molecular weight excluding hydrogens is 538 g/mol. The smallest absolute Gasteiger partial charge is 0.235 e. The summed E-state index contributed by atoms with van der Waals surface area (Å²) in [6.45, 7) is 0. The number of fused-ring (bicyclic) bond motifs is 13. The standard InChI is InChI=1S/C40H23N3O/c1-2-12-24(13-3-1)38-29-18-8-10-20-31(29)41-40(42-38)43-32-21-11-9-19-30(32)35-33(43)22-23-34-37(35)36-27-16-6-4-14-25(27)26-15-5-7-17-28(26)39(36)44-34/h1-23H. The van der Waals surface area contributed by atoms with E-state index in [1.165, 1.54) is 16.2 Å². The summed E-state index contributed by atoms with van der Waals surface area (Å²) in [5.74, 6) is 0.649. The Morgan fingerprint density at radius 3 is 1.89 bits per heavy atom. The number of para-hydroxylation sites is 2. The van der Waals surface area contributed by atoms with Gasteiger partial charge in [-0.25, -0.2) is 9.97 Å². The molecule has 0 unspecified atom stereocenters. The van der Waals surface area contributed by atoms with Crippen LogP contribution in [-0.4, -0.2) is 14.5 Å². The molecule has 44 heavy (non-hydrogen) atoms. The lowest BCUT2D eigenvalue weighted by Crippen LogP contribution is -2.03. The second-order valence-electron chi connectivity index (χ2n) is 11.3. The van der Waals surface area contributed by atoms with E-state index in [1.54, 1.807) is 0 Å². The van der Waals surface area contributed by atoms with Crippen molar-refractivity contribution in [2.24, 2.45) is 0 Å². The first-order chi connectivity index (χ1) is 21.8. The lowest BCUT2D eigenvalue weighted by atomic mass is 9.95. The van der Waals surface area contributed by atoms with Crippen molar-refractivity contribution in [1.82, 2.24) is 14.5 Å². The zero-order chi connectivity index (χ0) is 28.8. The number of benzene rings is 7. The van der Waals surface area contributed by atoms with Crippen LogP contribution < -0.4 is 0 Å². The maximum Gasteiger partial charge on any atom is 0.235 e. The topological polar surface area (TPSA) is 43.9 Å². The fourth-order valence-electron chi connectivity index (χ4n) is 7.14. The van der Waals surface area contributed by atoms with Gasteiger partial charge in [0, 0.05) is 37.9 Å². The molecule has 3 heterocycles. The molecule has 0 bridgehead atoms. The highest BCUT2D eigenvalue weighted by Crippen LogP contribution is 2.46. The Morgan fingerprint density at radius 1 is 0.432 bits per heavy atom. The van der Waals surface area contributed by atoms with Gasteiger partial charge in [-0.1, -0.05) is 115 Å². The predicted molar refractivity (Wildman–Crippen MR) is 182 cm³/mol. The first-order valence-corrected chi connectivity index (χ1v) is 14.9. The van der Waals surface area contributed by atoms with Crippen molar-refractivity contribution in [2.45, 2.75) is 0 Å². The summed E-state index contributed by atoms with van der Waals surface area (Å²) in [5.41, 5.74) is 6.80. The van der Waals surface area contributed by atoms with Gasteiger partial charge in [0.2, 0.25) is 5.95 Å². The fraction of sp³-hybridized carbons (Fsp3) is 0. The van der Waals surface area contributed by atoms with Crippen LogP contribution >= 0.6 is 0 Å². The van der Waals surface area contributed by atoms with Crippen LogP contribution in [0.3, 0.4) is 0 Å². The molecule has 0 spiro atoms. The van der Waals surface area contributed by atoms with Gasteiger partial charge in [0.05, 0.1) is 22.2 Å². The maximum atomic E-state index is 6.74. The third-order valence-corrected chi connectivity index (χ3v) is 8.99. The minimum absolute atomic E-state index is 0.649. The maximum absolute atomic E-state index is 6.74. The molecule has 0 saturated heterocycles. The van der Waals surface area contributed by atoms with Gasteiger partial charge in [-0.05, 0) is 40.4 Å². The van der Waals surface area contributed by atoms with Gasteiger partial charge < -0.3 is 4.42 Å². The summed E-state index contributed by atoms with van der Waals surface area (Å²) >= 11 is 0. The molecule has 4 heteroatoms. The first kappa shape index (κ1) is 23.6. The van der Waals surface area contributed by atoms with E-state index >= 15 is 0 Å². The van der Waals surface area contributed by atoms with Gasteiger partial charge in [-0.15, -0.1) is 0 Å². The molecule has 204 valence electrons. The average Bonchev–Trinajstić information content (AvgIpc) is 3.65. The molecule has 0 amide bonds. The van der Waals surface area contributed by atoms with Crippen LogP contribution in [-0.2, 0) is 0 Å². The summed E-state index contributed by atoms with van der Waals surface area (Å²) in [5, 5.41) is 10.3. The first-order valence-electron chi connectivity index (χ1n) is 14.9.